The van der Waals surface area contributed by atoms with Crippen LogP contribution in [0.1, 0.15) is 25.5 Å². The molecule has 0 aliphatic rings. The van der Waals surface area contributed by atoms with Crippen LogP contribution in [0.3, 0.4) is 0 Å². The Morgan fingerprint density at radius 2 is 1.88 bits per heavy atom. The molecule has 0 bridgehead atoms. The molecule has 25 heavy (non-hydrogen) atoms. The molecule has 1 atom stereocenters. The molecule has 0 fully saturated rings. The summed E-state index contributed by atoms with van der Waals surface area (Å²) in [7, 11) is 0. The largest absolute Gasteiger partial charge is 0.325 e. The van der Waals surface area contributed by atoms with Crippen molar-refractivity contribution in [3.63, 3.8) is 0 Å². The van der Waals surface area contributed by atoms with Gasteiger partial charge in [0.15, 0.2) is 0 Å². The first-order valence-corrected chi connectivity index (χ1v) is 7.90. The number of carbonyl (C=O) groups is 1. The zero-order valence-corrected chi connectivity index (χ0v) is 14.0. The fourth-order valence-electron chi connectivity index (χ4n) is 2.51. The Hall–Kier alpha value is -2.80. The Kier molecular flexibility index (Phi) is 6.19. The van der Waals surface area contributed by atoms with Crippen molar-refractivity contribution in [2.75, 3.05) is 11.9 Å². The number of halogens is 1. The first-order valence-electron chi connectivity index (χ1n) is 7.90. The molecule has 2 aromatic carbocycles. The monoisotopic (exact) mass is 345 g/mol. The lowest BCUT2D eigenvalue weighted by Gasteiger charge is -2.22. The summed E-state index contributed by atoms with van der Waals surface area (Å²) in [6, 6.07) is 11.8. The van der Waals surface area contributed by atoms with Crippen LogP contribution in [0.5, 0.6) is 0 Å². The van der Waals surface area contributed by atoms with E-state index in [9.17, 15) is 19.3 Å². The summed E-state index contributed by atoms with van der Waals surface area (Å²) in [5, 5.41) is 16.5. The predicted molar refractivity (Wildman–Crippen MR) is 93.7 cm³/mol. The highest BCUT2D eigenvalue weighted by Crippen LogP contribution is 2.22. The van der Waals surface area contributed by atoms with Gasteiger partial charge in [0.1, 0.15) is 5.82 Å². The number of nitro benzene ring substituents is 1. The number of rotatable bonds is 7. The van der Waals surface area contributed by atoms with Gasteiger partial charge < -0.3 is 10.6 Å². The standard InChI is InChI=1S/C18H20FN3O3/c1-12(2)18(13-6-8-14(19)9-7-13)20-11-17(23)21-15-4-3-5-16(10-15)22(24)25/h3-10,12,18,20H,11H2,1-2H3,(H,21,23)/t18-/m1/s1. The fourth-order valence-corrected chi connectivity index (χ4v) is 2.51. The highest BCUT2D eigenvalue weighted by Gasteiger charge is 2.17. The number of anilines is 1. The van der Waals surface area contributed by atoms with Gasteiger partial charge in [0.2, 0.25) is 5.91 Å². The molecule has 0 saturated carbocycles. The van der Waals surface area contributed by atoms with Crippen LogP contribution in [0.2, 0.25) is 0 Å². The van der Waals surface area contributed by atoms with Crippen LogP contribution in [0.15, 0.2) is 48.5 Å². The topological polar surface area (TPSA) is 84.3 Å². The van der Waals surface area contributed by atoms with Gasteiger partial charge in [-0.2, -0.15) is 0 Å². The molecule has 0 aromatic heterocycles. The molecule has 0 heterocycles. The number of amides is 1. The molecule has 2 N–H and O–H groups in total. The lowest BCUT2D eigenvalue weighted by molar-refractivity contribution is -0.384. The van der Waals surface area contributed by atoms with Crippen molar-refractivity contribution in [3.05, 3.63) is 70.0 Å². The Morgan fingerprint density at radius 1 is 1.20 bits per heavy atom. The molecule has 0 aliphatic heterocycles. The lowest BCUT2D eigenvalue weighted by atomic mass is 9.96. The first kappa shape index (κ1) is 18.5. The average Bonchev–Trinajstić information content (AvgIpc) is 2.56. The minimum absolute atomic E-state index is 0.0307. The summed E-state index contributed by atoms with van der Waals surface area (Å²) in [5.41, 5.74) is 1.17. The van der Waals surface area contributed by atoms with Gasteiger partial charge >= 0.3 is 0 Å². The third-order valence-electron chi connectivity index (χ3n) is 3.72. The van der Waals surface area contributed by atoms with Crippen molar-refractivity contribution in [3.8, 4) is 0 Å². The summed E-state index contributed by atoms with van der Waals surface area (Å²) >= 11 is 0. The number of benzene rings is 2. The number of hydrogen-bond donors (Lipinski definition) is 2. The van der Waals surface area contributed by atoms with E-state index in [1.807, 2.05) is 13.8 Å². The zero-order chi connectivity index (χ0) is 18.4. The molecule has 7 heteroatoms. The number of hydrogen-bond acceptors (Lipinski definition) is 4. The summed E-state index contributed by atoms with van der Waals surface area (Å²) in [6.07, 6.45) is 0. The Balaban J connectivity index is 1.98. The Morgan fingerprint density at radius 3 is 2.48 bits per heavy atom. The molecule has 0 radical (unpaired) electrons. The van der Waals surface area contributed by atoms with Crippen LogP contribution in [-0.4, -0.2) is 17.4 Å². The Bertz CT molecular complexity index is 747. The van der Waals surface area contributed by atoms with Gasteiger partial charge in [0.25, 0.3) is 5.69 Å². The van der Waals surface area contributed by atoms with Crippen LogP contribution in [0.4, 0.5) is 15.8 Å². The summed E-state index contributed by atoms with van der Waals surface area (Å²) in [4.78, 5) is 22.3. The predicted octanol–water partition coefficient (Wildman–Crippen LogP) is 3.66. The SMILES string of the molecule is CC(C)[C@@H](NCC(=O)Nc1cccc([N+](=O)[O-])c1)c1ccc(F)cc1. The summed E-state index contributed by atoms with van der Waals surface area (Å²) in [6.45, 7) is 4.03. The second-order valence-corrected chi connectivity index (χ2v) is 6.01. The van der Waals surface area contributed by atoms with Crippen molar-refractivity contribution < 1.29 is 14.1 Å². The molecular formula is C18H20FN3O3. The molecule has 0 unspecified atom stereocenters. The van der Waals surface area contributed by atoms with Gasteiger partial charge in [0.05, 0.1) is 11.5 Å². The normalized spacial score (nSPS) is 12.0. The molecule has 0 aliphatic carbocycles. The van der Waals surface area contributed by atoms with E-state index in [4.69, 9.17) is 0 Å². The second kappa shape index (κ2) is 8.34. The number of nitrogens with zero attached hydrogens (tertiary/aromatic N) is 1. The minimum atomic E-state index is -0.517. The van der Waals surface area contributed by atoms with Crippen molar-refractivity contribution >= 4 is 17.3 Å². The first-order chi connectivity index (χ1) is 11.9. The van der Waals surface area contributed by atoms with Crippen molar-refractivity contribution in [2.45, 2.75) is 19.9 Å². The Labute approximate surface area is 145 Å². The molecule has 1 amide bonds. The van der Waals surface area contributed by atoms with E-state index >= 15 is 0 Å². The third kappa shape index (κ3) is 5.36. The van der Waals surface area contributed by atoms with Gasteiger partial charge in [-0.15, -0.1) is 0 Å². The van der Waals surface area contributed by atoms with E-state index < -0.39 is 4.92 Å². The second-order valence-electron chi connectivity index (χ2n) is 6.01. The van der Waals surface area contributed by atoms with Crippen LogP contribution >= 0.6 is 0 Å². The fraction of sp³-hybridized carbons (Fsp3) is 0.278. The van der Waals surface area contributed by atoms with Gasteiger partial charge in [-0.1, -0.05) is 32.0 Å². The van der Waals surface area contributed by atoms with Crippen molar-refractivity contribution in [1.29, 1.82) is 0 Å². The minimum Gasteiger partial charge on any atom is -0.325 e. The van der Waals surface area contributed by atoms with E-state index in [2.05, 4.69) is 10.6 Å². The zero-order valence-electron chi connectivity index (χ0n) is 14.0. The van der Waals surface area contributed by atoms with Gasteiger partial charge in [-0.3, -0.25) is 14.9 Å². The number of non-ortho nitro benzene ring substituents is 1. The number of carbonyl (C=O) groups excluding carboxylic acids is 1. The highest BCUT2D eigenvalue weighted by molar-refractivity contribution is 5.92. The van der Waals surface area contributed by atoms with Crippen LogP contribution in [0, 0.1) is 21.8 Å². The summed E-state index contributed by atoms with van der Waals surface area (Å²) in [5.74, 6) is -0.431. The quantitative estimate of drug-likeness (QED) is 0.592. The summed E-state index contributed by atoms with van der Waals surface area (Å²) < 4.78 is 13.1. The van der Waals surface area contributed by atoms with E-state index in [1.165, 1.54) is 30.3 Å². The number of nitro groups is 1. The van der Waals surface area contributed by atoms with E-state index in [0.29, 0.717) is 5.69 Å². The van der Waals surface area contributed by atoms with Gasteiger partial charge in [-0.25, -0.2) is 4.39 Å². The van der Waals surface area contributed by atoms with Gasteiger partial charge in [0, 0.05) is 23.9 Å². The molecule has 2 rings (SSSR count). The molecule has 0 spiro atoms. The molecule has 6 nitrogen and oxygen atoms in total. The molecule has 0 saturated heterocycles. The van der Waals surface area contributed by atoms with Crippen LogP contribution < -0.4 is 10.6 Å². The maximum atomic E-state index is 13.1. The molecule has 2 aromatic rings. The van der Waals surface area contributed by atoms with E-state index in [0.717, 1.165) is 5.56 Å². The smallest absolute Gasteiger partial charge is 0.271 e. The van der Waals surface area contributed by atoms with Crippen LogP contribution in [0.25, 0.3) is 0 Å². The average molecular weight is 345 g/mol. The molecular weight excluding hydrogens is 325 g/mol. The van der Waals surface area contributed by atoms with Crippen LogP contribution in [-0.2, 0) is 4.79 Å². The third-order valence-corrected chi connectivity index (χ3v) is 3.72. The van der Waals surface area contributed by atoms with E-state index in [1.54, 1.807) is 18.2 Å². The van der Waals surface area contributed by atoms with Crippen molar-refractivity contribution in [2.24, 2.45) is 5.92 Å². The van der Waals surface area contributed by atoms with E-state index in [-0.39, 0.29) is 35.9 Å². The molecule has 132 valence electrons. The highest BCUT2D eigenvalue weighted by atomic mass is 19.1. The maximum absolute atomic E-state index is 13.1. The lowest BCUT2D eigenvalue weighted by Crippen LogP contribution is -2.33. The number of nitrogens with one attached hydrogen (secondary N) is 2. The maximum Gasteiger partial charge on any atom is 0.271 e. The van der Waals surface area contributed by atoms with Gasteiger partial charge in [-0.05, 0) is 29.7 Å². The van der Waals surface area contributed by atoms with Crippen molar-refractivity contribution in [1.82, 2.24) is 5.32 Å².